The van der Waals surface area contributed by atoms with Gasteiger partial charge in [0.2, 0.25) is 0 Å². The topological polar surface area (TPSA) is 65.2 Å². The first kappa shape index (κ1) is 12.4. The van der Waals surface area contributed by atoms with Gasteiger partial charge in [-0.15, -0.1) is 0 Å². The monoisotopic (exact) mass is 223 g/mol. The van der Waals surface area contributed by atoms with Crippen molar-refractivity contribution in [3.63, 3.8) is 0 Å². The number of hydrogen-bond donors (Lipinski definition) is 2. The third kappa shape index (κ3) is 3.20. The molecule has 0 unspecified atom stereocenters. The third-order valence-electron chi connectivity index (χ3n) is 2.32. The van der Waals surface area contributed by atoms with Crippen LogP contribution in [0.4, 0.5) is 0 Å². The van der Waals surface area contributed by atoms with Gasteiger partial charge >= 0.3 is 0 Å². The van der Waals surface area contributed by atoms with Crippen molar-refractivity contribution < 1.29 is 4.79 Å². The summed E-state index contributed by atoms with van der Waals surface area (Å²) in [4.78, 5) is 27.6. The van der Waals surface area contributed by atoms with E-state index in [4.69, 9.17) is 0 Å². The van der Waals surface area contributed by atoms with Crippen molar-refractivity contribution in [2.45, 2.75) is 6.42 Å². The molecular formula is C11H17N3O2. The minimum absolute atomic E-state index is 0.189. The second-order valence-corrected chi connectivity index (χ2v) is 3.61. The molecule has 1 rings (SSSR count). The van der Waals surface area contributed by atoms with Gasteiger partial charge in [-0.2, -0.15) is 0 Å². The Morgan fingerprint density at radius 2 is 2.31 bits per heavy atom. The summed E-state index contributed by atoms with van der Waals surface area (Å²) in [7, 11) is 3.56. The van der Waals surface area contributed by atoms with Crippen molar-refractivity contribution in [2.24, 2.45) is 0 Å². The summed E-state index contributed by atoms with van der Waals surface area (Å²) in [6, 6.07) is 1.36. The van der Waals surface area contributed by atoms with Gasteiger partial charge in [-0.05, 0) is 20.0 Å². The molecule has 1 heterocycles. The van der Waals surface area contributed by atoms with Gasteiger partial charge in [0, 0.05) is 32.1 Å². The summed E-state index contributed by atoms with van der Waals surface area (Å²) in [5.74, 6) is -0.238. The van der Waals surface area contributed by atoms with Crippen LogP contribution in [0.25, 0.3) is 0 Å². The number of H-pyrrole nitrogens is 1. The number of aromatic amines is 1. The summed E-state index contributed by atoms with van der Waals surface area (Å²) >= 11 is 0. The number of nitrogens with zero attached hydrogens (tertiary/aromatic N) is 1. The van der Waals surface area contributed by atoms with E-state index in [1.54, 1.807) is 11.9 Å². The highest BCUT2D eigenvalue weighted by atomic mass is 16.2. The van der Waals surface area contributed by atoms with E-state index >= 15 is 0 Å². The molecule has 0 bridgehead atoms. The van der Waals surface area contributed by atoms with Crippen molar-refractivity contribution in [3.8, 4) is 0 Å². The van der Waals surface area contributed by atoms with Gasteiger partial charge in [-0.25, -0.2) is 0 Å². The van der Waals surface area contributed by atoms with E-state index < -0.39 is 0 Å². The van der Waals surface area contributed by atoms with Crippen molar-refractivity contribution in [1.82, 2.24) is 15.2 Å². The lowest BCUT2D eigenvalue weighted by Gasteiger charge is -2.16. The van der Waals surface area contributed by atoms with E-state index in [-0.39, 0.29) is 16.9 Å². The minimum Gasteiger partial charge on any atom is -0.367 e. The van der Waals surface area contributed by atoms with E-state index in [2.05, 4.69) is 10.3 Å². The van der Waals surface area contributed by atoms with Crippen LogP contribution in [-0.4, -0.2) is 43.0 Å². The molecule has 0 atom stereocenters. The summed E-state index contributed by atoms with van der Waals surface area (Å²) in [5, 5.41) is 3.01. The molecule has 0 aromatic carbocycles. The first-order valence-corrected chi connectivity index (χ1v) is 5.24. The van der Waals surface area contributed by atoms with E-state index in [9.17, 15) is 9.59 Å². The van der Waals surface area contributed by atoms with Gasteiger partial charge in [0.25, 0.3) is 5.91 Å². The lowest BCUT2D eigenvalue weighted by atomic mass is 10.2. The van der Waals surface area contributed by atoms with Crippen molar-refractivity contribution in [3.05, 3.63) is 34.2 Å². The van der Waals surface area contributed by atoms with E-state index in [0.29, 0.717) is 6.54 Å². The van der Waals surface area contributed by atoms with Crippen LogP contribution in [0.15, 0.2) is 23.3 Å². The molecule has 0 saturated heterocycles. The molecule has 0 saturated carbocycles. The maximum atomic E-state index is 11.8. The first-order valence-electron chi connectivity index (χ1n) is 5.24. The van der Waals surface area contributed by atoms with E-state index in [1.807, 2.05) is 7.05 Å². The summed E-state index contributed by atoms with van der Waals surface area (Å²) in [5.41, 5.74) is -0.0568. The van der Waals surface area contributed by atoms with Gasteiger partial charge in [-0.1, -0.05) is 0 Å². The molecule has 0 spiro atoms. The lowest BCUT2D eigenvalue weighted by Crippen LogP contribution is -2.32. The van der Waals surface area contributed by atoms with Crippen LogP contribution >= 0.6 is 0 Å². The molecule has 1 amide bonds. The predicted octanol–water partition coefficient (Wildman–Crippen LogP) is 0.0564. The number of amides is 1. The Kier molecular flexibility index (Phi) is 4.72. The van der Waals surface area contributed by atoms with Gasteiger partial charge < -0.3 is 15.2 Å². The molecule has 1 aromatic heterocycles. The molecule has 5 nitrogen and oxygen atoms in total. The molecule has 0 aliphatic carbocycles. The number of rotatable bonds is 5. The Morgan fingerprint density at radius 3 is 2.94 bits per heavy atom. The third-order valence-corrected chi connectivity index (χ3v) is 2.32. The molecule has 1 aromatic rings. The maximum Gasteiger partial charge on any atom is 0.259 e. The number of nitrogens with one attached hydrogen (secondary N) is 2. The lowest BCUT2D eigenvalue weighted by molar-refractivity contribution is 0.0792. The van der Waals surface area contributed by atoms with Crippen molar-refractivity contribution in [1.29, 1.82) is 0 Å². The Bertz CT molecular complexity index is 400. The number of pyridine rings is 1. The second kappa shape index (κ2) is 6.07. The smallest absolute Gasteiger partial charge is 0.259 e. The largest absolute Gasteiger partial charge is 0.367 e. The van der Waals surface area contributed by atoms with Crippen molar-refractivity contribution >= 4 is 5.91 Å². The van der Waals surface area contributed by atoms with E-state index in [1.165, 1.54) is 18.5 Å². The molecule has 0 radical (unpaired) electrons. The molecular weight excluding hydrogens is 206 g/mol. The second-order valence-electron chi connectivity index (χ2n) is 3.61. The molecule has 0 fully saturated rings. The Balaban J connectivity index is 2.64. The first-order chi connectivity index (χ1) is 7.66. The van der Waals surface area contributed by atoms with Crippen LogP contribution in [0, 0.1) is 0 Å². The van der Waals surface area contributed by atoms with Gasteiger partial charge in [0.05, 0.1) is 0 Å². The fourth-order valence-corrected chi connectivity index (χ4v) is 1.38. The summed E-state index contributed by atoms with van der Waals surface area (Å²) in [6.45, 7) is 1.48. The normalized spacial score (nSPS) is 10.1. The van der Waals surface area contributed by atoms with Crippen LogP contribution in [0.5, 0.6) is 0 Å². The molecule has 88 valence electrons. The van der Waals surface area contributed by atoms with Crippen LogP contribution in [0.2, 0.25) is 0 Å². The number of carbonyl (C=O) groups is 1. The Labute approximate surface area is 94.5 Å². The fraction of sp³-hybridized carbons (Fsp3) is 0.455. The van der Waals surface area contributed by atoms with Gasteiger partial charge in [0.1, 0.15) is 5.56 Å². The predicted molar refractivity (Wildman–Crippen MR) is 62.6 cm³/mol. The van der Waals surface area contributed by atoms with Crippen LogP contribution in [-0.2, 0) is 0 Å². The zero-order chi connectivity index (χ0) is 12.0. The molecule has 16 heavy (non-hydrogen) atoms. The molecule has 0 aliphatic heterocycles. The summed E-state index contributed by atoms with van der Waals surface area (Å²) < 4.78 is 0. The minimum atomic E-state index is -0.246. The SMILES string of the molecule is CNCCCN(C)C(=O)c1c[nH]ccc1=O. The number of aromatic nitrogens is 1. The van der Waals surface area contributed by atoms with Crippen LogP contribution < -0.4 is 10.7 Å². The zero-order valence-electron chi connectivity index (χ0n) is 9.62. The average molecular weight is 223 g/mol. The highest BCUT2D eigenvalue weighted by Crippen LogP contribution is 1.96. The highest BCUT2D eigenvalue weighted by Gasteiger charge is 2.13. The number of hydrogen-bond acceptors (Lipinski definition) is 3. The fourth-order valence-electron chi connectivity index (χ4n) is 1.38. The van der Waals surface area contributed by atoms with Crippen molar-refractivity contribution in [2.75, 3.05) is 27.2 Å². The van der Waals surface area contributed by atoms with Crippen LogP contribution in [0.3, 0.4) is 0 Å². The average Bonchev–Trinajstić information content (AvgIpc) is 2.29. The standard InChI is InChI=1S/C11H17N3O2/c1-12-5-3-7-14(2)11(16)9-8-13-6-4-10(9)15/h4,6,8,12H,3,5,7H2,1-2H3,(H,13,15). The highest BCUT2D eigenvalue weighted by molar-refractivity contribution is 5.93. The van der Waals surface area contributed by atoms with Crippen LogP contribution in [0.1, 0.15) is 16.8 Å². The zero-order valence-corrected chi connectivity index (χ0v) is 9.62. The molecule has 5 heteroatoms. The Morgan fingerprint density at radius 1 is 1.56 bits per heavy atom. The van der Waals surface area contributed by atoms with E-state index in [0.717, 1.165) is 13.0 Å². The quantitative estimate of drug-likeness (QED) is 0.694. The maximum absolute atomic E-state index is 11.8. The summed E-state index contributed by atoms with van der Waals surface area (Å²) in [6.07, 6.45) is 3.82. The molecule has 0 aliphatic rings. The molecule has 2 N–H and O–H groups in total. The Hall–Kier alpha value is -1.62. The number of carbonyl (C=O) groups excluding carboxylic acids is 1. The van der Waals surface area contributed by atoms with Gasteiger partial charge in [0.15, 0.2) is 5.43 Å². The van der Waals surface area contributed by atoms with Gasteiger partial charge in [-0.3, -0.25) is 9.59 Å².